The first kappa shape index (κ1) is 13.7. The molecule has 0 aromatic heterocycles. The molecule has 0 bridgehead atoms. The van der Waals surface area contributed by atoms with Crippen LogP contribution in [0.1, 0.15) is 15.9 Å². The Bertz CT molecular complexity index is 584. The van der Waals surface area contributed by atoms with Gasteiger partial charge in [0, 0.05) is 12.1 Å². The molecule has 2 rings (SSSR count). The maximum absolute atomic E-state index is 11.4. The number of methoxy groups -OCH3 is 1. The Hall–Kier alpha value is -2.69. The third kappa shape index (κ3) is 3.00. The second-order valence-corrected chi connectivity index (χ2v) is 4.10. The van der Waals surface area contributed by atoms with E-state index in [9.17, 15) is 15.0 Å². The molecule has 2 aromatic carbocycles. The molecule has 5 nitrogen and oxygen atoms in total. The normalized spacial score (nSPS) is 10.1. The maximum atomic E-state index is 11.4. The van der Waals surface area contributed by atoms with Crippen molar-refractivity contribution in [1.82, 2.24) is 0 Å². The Morgan fingerprint density at radius 3 is 2.25 bits per heavy atom. The molecular formula is C15H14O5. The van der Waals surface area contributed by atoms with E-state index >= 15 is 0 Å². The minimum Gasteiger partial charge on any atom is -0.507 e. The molecule has 0 unspecified atom stereocenters. The smallest absolute Gasteiger partial charge is 0.345 e. The molecule has 0 radical (unpaired) electrons. The number of phenols is 2. The molecule has 0 saturated heterocycles. The van der Waals surface area contributed by atoms with Gasteiger partial charge in [-0.25, -0.2) is 4.79 Å². The highest BCUT2D eigenvalue weighted by molar-refractivity contribution is 5.95. The number of hydrogen-bond acceptors (Lipinski definition) is 5. The van der Waals surface area contributed by atoms with Crippen molar-refractivity contribution in [2.24, 2.45) is 0 Å². The van der Waals surface area contributed by atoms with Crippen molar-refractivity contribution in [2.75, 3.05) is 7.11 Å². The number of carbonyl (C=O) groups excluding carboxylic acids is 1. The van der Waals surface area contributed by atoms with E-state index in [0.29, 0.717) is 0 Å². The summed E-state index contributed by atoms with van der Waals surface area (Å²) in [5.74, 6) is -1.33. The average molecular weight is 274 g/mol. The highest BCUT2D eigenvalue weighted by atomic mass is 16.5. The van der Waals surface area contributed by atoms with Crippen LogP contribution in [-0.4, -0.2) is 23.3 Å². The number of carbonyl (C=O) groups is 1. The fourth-order valence-electron chi connectivity index (χ4n) is 1.72. The van der Waals surface area contributed by atoms with E-state index in [4.69, 9.17) is 4.74 Å². The van der Waals surface area contributed by atoms with E-state index in [1.54, 1.807) is 0 Å². The van der Waals surface area contributed by atoms with Gasteiger partial charge >= 0.3 is 5.97 Å². The first-order valence-corrected chi connectivity index (χ1v) is 5.93. The lowest BCUT2D eigenvalue weighted by atomic mass is 10.1. The summed E-state index contributed by atoms with van der Waals surface area (Å²) in [6.07, 6.45) is 0. The van der Waals surface area contributed by atoms with Gasteiger partial charge in [0.15, 0.2) is 0 Å². The lowest BCUT2D eigenvalue weighted by molar-refractivity contribution is 0.0594. The number of aromatic hydroxyl groups is 2. The molecule has 0 aliphatic carbocycles. The zero-order valence-electron chi connectivity index (χ0n) is 10.9. The summed E-state index contributed by atoms with van der Waals surface area (Å²) >= 11 is 0. The Morgan fingerprint density at radius 2 is 1.70 bits per heavy atom. The fourth-order valence-corrected chi connectivity index (χ4v) is 1.72. The molecule has 0 spiro atoms. The van der Waals surface area contributed by atoms with Gasteiger partial charge in [-0.2, -0.15) is 0 Å². The third-order valence-corrected chi connectivity index (χ3v) is 2.71. The summed E-state index contributed by atoms with van der Waals surface area (Å²) < 4.78 is 9.92. The SMILES string of the molecule is COC(=O)c1c(O)cc(OCc2ccccc2)cc1O. The zero-order valence-corrected chi connectivity index (χ0v) is 10.9. The minimum absolute atomic E-state index is 0.261. The number of benzene rings is 2. The fraction of sp³-hybridized carbons (Fsp3) is 0.133. The minimum atomic E-state index is -0.811. The van der Waals surface area contributed by atoms with Gasteiger partial charge in [0.1, 0.15) is 29.4 Å². The predicted molar refractivity (Wildman–Crippen MR) is 71.9 cm³/mol. The van der Waals surface area contributed by atoms with Gasteiger partial charge in [0.05, 0.1) is 7.11 Å². The molecule has 104 valence electrons. The number of ether oxygens (including phenoxy) is 2. The summed E-state index contributed by atoms with van der Waals surface area (Å²) in [4.78, 5) is 11.4. The van der Waals surface area contributed by atoms with Crippen molar-refractivity contribution in [3.8, 4) is 17.2 Å². The van der Waals surface area contributed by atoms with Gasteiger partial charge in [-0.15, -0.1) is 0 Å². The Balaban J connectivity index is 2.16. The number of rotatable bonds is 4. The molecule has 0 aliphatic heterocycles. The van der Waals surface area contributed by atoms with E-state index < -0.39 is 5.97 Å². The zero-order chi connectivity index (χ0) is 14.5. The molecule has 0 atom stereocenters. The van der Waals surface area contributed by atoms with Crippen molar-refractivity contribution < 1.29 is 24.5 Å². The second kappa shape index (κ2) is 5.97. The summed E-state index contributed by atoms with van der Waals surface area (Å²) in [5.41, 5.74) is 0.670. The van der Waals surface area contributed by atoms with Crippen molar-refractivity contribution >= 4 is 5.97 Å². The highest BCUT2D eigenvalue weighted by Crippen LogP contribution is 2.33. The number of hydrogen-bond donors (Lipinski definition) is 2. The molecule has 5 heteroatoms. The molecule has 2 N–H and O–H groups in total. The van der Waals surface area contributed by atoms with Crippen LogP contribution in [0.5, 0.6) is 17.2 Å². The van der Waals surface area contributed by atoms with Crippen molar-refractivity contribution in [2.45, 2.75) is 6.61 Å². The van der Waals surface area contributed by atoms with Crippen LogP contribution < -0.4 is 4.74 Å². The van der Waals surface area contributed by atoms with Gasteiger partial charge in [-0.3, -0.25) is 0 Å². The van der Waals surface area contributed by atoms with E-state index in [1.807, 2.05) is 30.3 Å². The number of phenolic OH excluding ortho intramolecular Hbond substituents is 2. The summed E-state index contributed by atoms with van der Waals surface area (Å²) in [5, 5.41) is 19.5. The quantitative estimate of drug-likeness (QED) is 0.837. The van der Waals surface area contributed by atoms with Gasteiger partial charge in [0.25, 0.3) is 0 Å². The molecular weight excluding hydrogens is 260 g/mol. The first-order valence-electron chi connectivity index (χ1n) is 5.93. The molecule has 0 saturated carbocycles. The van der Waals surface area contributed by atoms with E-state index in [2.05, 4.69) is 4.74 Å². The van der Waals surface area contributed by atoms with E-state index in [0.717, 1.165) is 5.56 Å². The maximum Gasteiger partial charge on any atom is 0.345 e. The van der Waals surface area contributed by atoms with Crippen LogP contribution in [0, 0.1) is 0 Å². The Morgan fingerprint density at radius 1 is 1.10 bits per heavy atom. The average Bonchev–Trinajstić information content (AvgIpc) is 2.45. The summed E-state index contributed by atoms with van der Waals surface area (Å²) in [6, 6.07) is 12.0. The molecule has 0 fully saturated rings. The van der Waals surface area contributed by atoms with Gasteiger partial charge < -0.3 is 19.7 Å². The largest absolute Gasteiger partial charge is 0.507 e. The lowest BCUT2D eigenvalue weighted by Crippen LogP contribution is -2.03. The van der Waals surface area contributed by atoms with Gasteiger partial charge in [0.2, 0.25) is 0 Å². The number of esters is 1. The van der Waals surface area contributed by atoms with Crippen LogP contribution in [0.25, 0.3) is 0 Å². The molecule has 0 aliphatic rings. The van der Waals surface area contributed by atoms with Crippen LogP contribution in [0.3, 0.4) is 0 Å². The summed E-state index contributed by atoms with van der Waals surface area (Å²) in [6.45, 7) is 0.289. The van der Waals surface area contributed by atoms with Gasteiger partial charge in [-0.1, -0.05) is 30.3 Å². The predicted octanol–water partition coefficient (Wildman–Crippen LogP) is 2.46. The molecule has 0 heterocycles. The Kier molecular flexibility index (Phi) is 4.10. The van der Waals surface area contributed by atoms with Crippen LogP contribution in [0.4, 0.5) is 0 Å². The van der Waals surface area contributed by atoms with E-state index in [-0.39, 0.29) is 29.4 Å². The topological polar surface area (TPSA) is 76.0 Å². The monoisotopic (exact) mass is 274 g/mol. The van der Waals surface area contributed by atoms with Crippen LogP contribution in [-0.2, 0) is 11.3 Å². The molecule has 2 aromatic rings. The molecule has 0 amide bonds. The third-order valence-electron chi connectivity index (χ3n) is 2.71. The van der Waals surface area contributed by atoms with Gasteiger partial charge in [-0.05, 0) is 5.56 Å². The standard InChI is InChI=1S/C15H14O5/c1-19-15(18)14-12(16)7-11(8-13(14)17)20-9-10-5-3-2-4-6-10/h2-8,16-17H,9H2,1H3. The molecule has 20 heavy (non-hydrogen) atoms. The van der Waals surface area contributed by atoms with Crippen LogP contribution in [0.15, 0.2) is 42.5 Å². The highest BCUT2D eigenvalue weighted by Gasteiger charge is 2.18. The lowest BCUT2D eigenvalue weighted by Gasteiger charge is -2.10. The van der Waals surface area contributed by atoms with Crippen molar-refractivity contribution in [3.05, 3.63) is 53.6 Å². The van der Waals surface area contributed by atoms with E-state index in [1.165, 1.54) is 19.2 Å². The van der Waals surface area contributed by atoms with Crippen LogP contribution in [0.2, 0.25) is 0 Å². The summed E-state index contributed by atoms with van der Waals surface area (Å²) in [7, 11) is 1.17. The first-order chi connectivity index (χ1) is 9.61. The van der Waals surface area contributed by atoms with Crippen molar-refractivity contribution in [1.29, 1.82) is 0 Å². The van der Waals surface area contributed by atoms with Crippen LogP contribution >= 0.6 is 0 Å². The van der Waals surface area contributed by atoms with Crippen molar-refractivity contribution in [3.63, 3.8) is 0 Å². The second-order valence-electron chi connectivity index (χ2n) is 4.10. The Labute approximate surface area is 116 Å².